The minimum absolute atomic E-state index is 0.872. The predicted octanol–water partition coefficient (Wildman–Crippen LogP) is 9.15. The van der Waals surface area contributed by atoms with E-state index in [1.807, 2.05) is 0 Å². The van der Waals surface area contributed by atoms with Crippen molar-refractivity contribution in [3.63, 3.8) is 0 Å². The van der Waals surface area contributed by atoms with Gasteiger partial charge in [0.15, 0.2) is 0 Å². The van der Waals surface area contributed by atoms with Gasteiger partial charge in [-0.25, -0.2) is 0 Å². The molecule has 1 aliphatic carbocycles. The lowest BCUT2D eigenvalue weighted by Gasteiger charge is -2.25. The highest BCUT2D eigenvalue weighted by Gasteiger charge is 2.24. The summed E-state index contributed by atoms with van der Waals surface area (Å²) in [4.78, 5) is 0. The van der Waals surface area contributed by atoms with Gasteiger partial charge in [0, 0.05) is 11.9 Å². The number of hydrogen-bond acceptors (Lipinski definition) is 3. The van der Waals surface area contributed by atoms with Crippen LogP contribution in [0.15, 0.2) is 84.7 Å². The Hall–Kier alpha value is -3.04. The van der Waals surface area contributed by atoms with Crippen molar-refractivity contribution >= 4 is 5.69 Å². The van der Waals surface area contributed by atoms with E-state index in [0.717, 1.165) is 19.4 Å². The van der Waals surface area contributed by atoms with Gasteiger partial charge in [-0.2, -0.15) is 0 Å². The van der Waals surface area contributed by atoms with Crippen LogP contribution < -0.4 is 10.5 Å². The van der Waals surface area contributed by atoms with Crippen molar-refractivity contribution in [3.05, 3.63) is 101 Å². The van der Waals surface area contributed by atoms with Crippen LogP contribution in [0.2, 0.25) is 0 Å². The zero-order chi connectivity index (χ0) is 25.3. The number of allylic oxidation sites excluding steroid dienone is 1. The molecule has 1 N–H and O–H groups in total. The van der Waals surface area contributed by atoms with Gasteiger partial charge >= 0.3 is 0 Å². The number of hydrazine groups is 2. The van der Waals surface area contributed by atoms with E-state index in [0.29, 0.717) is 0 Å². The molecule has 2 aliphatic rings. The molecule has 0 saturated heterocycles. The fourth-order valence-electron chi connectivity index (χ4n) is 5.75. The number of hydrogen-bond donors (Lipinski definition) is 1. The van der Waals surface area contributed by atoms with Crippen LogP contribution >= 0.6 is 0 Å². The minimum atomic E-state index is 0.872. The highest BCUT2D eigenvalue weighted by molar-refractivity contribution is 5.78. The average Bonchev–Trinajstić information content (AvgIpc) is 3.51. The Kier molecular flexibility index (Phi) is 8.97. The summed E-state index contributed by atoms with van der Waals surface area (Å²) in [6, 6.07) is 26.5. The monoisotopic (exact) mass is 493 g/mol. The van der Waals surface area contributed by atoms with E-state index in [9.17, 15) is 0 Å². The van der Waals surface area contributed by atoms with E-state index in [1.165, 1.54) is 103 Å². The van der Waals surface area contributed by atoms with Gasteiger partial charge in [-0.3, -0.25) is 10.0 Å². The summed E-state index contributed by atoms with van der Waals surface area (Å²) in [6.45, 7) is 3.16. The first-order valence-electron chi connectivity index (χ1n) is 14.6. The number of unbranched alkanes of at least 4 members (excludes halogenated alkanes) is 9. The smallest absolute Gasteiger partial charge is 0.0609 e. The van der Waals surface area contributed by atoms with Crippen LogP contribution in [0.3, 0.4) is 0 Å². The molecule has 3 aromatic rings. The highest BCUT2D eigenvalue weighted by atomic mass is 15.8. The Morgan fingerprint density at radius 1 is 0.676 bits per heavy atom. The van der Waals surface area contributed by atoms with E-state index >= 15 is 0 Å². The maximum atomic E-state index is 3.68. The minimum Gasteiger partial charge on any atom is -0.289 e. The first kappa shape index (κ1) is 25.6. The van der Waals surface area contributed by atoms with Crippen LogP contribution in [0.5, 0.6) is 0 Å². The molecular formula is C34H43N3. The zero-order valence-corrected chi connectivity index (χ0v) is 22.6. The molecule has 0 atom stereocenters. The second-order valence-electron chi connectivity index (χ2n) is 10.8. The van der Waals surface area contributed by atoms with Crippen LogP contribution in [0, 0.1) is 0 Å². The van der Waals surface area contributed by atoms with Crippen molar-refractivity contribution in [2.45, 2.75) is 90.5 Å². The molecule has 37 heavy (non-hydrogen) atoms. The molecule has 1 heterocycles. The summed E-state index contributed by atoms with van der Waals surface area (Å²) < 4.78 is 0. The fourth-order valence-corrected chi connectivity index (χ4v) is 5.75. The van der Waals surface area contributed by atoms with Gasteiger partial charge in [-0.05, 0) is 59.2 Å². The molecule has 0 unspecified atom stereocenters. The van der Waals surface area contributed by atoms with Crippen LogP contribution in [0.1, 0.15) is 94.2 Å². The fraction of sp³-hybridized carbons (Fsp3) is 0.412. The van der Waals surface area contributed by atoms with Gasteiger partial charge in [-0.15, -0.1) is 5.53 Å². The third-order valence-electron chi connectivity index (χ3n) is 7.88. The Morgan fingerprint density at radius 3 is 2.14 bits per heavy atom. The molecule has 3 nitrogen and oxygen atoms in total. The van der Waals surface area contributed by atoms with E-state index < -0.39 is 0 Å². The lowest BCUT2D eigenvalue weighted by molar-refractivity contribution is 0.254. The Bertz CT molecular complexity index is 1170. The van der Waals surface area contributed by atoms with Gasteiger partial charge in [0.25, 0.3) is 0 Å². The van der Waals surface area contributed by atoms with Gasteiger partial charge in [0.2, 0.25) is 0 Å². The standard InChI is InChI=1S/C34H43N3/c1-2-3-4-5-6-7-8-9-10-14-20-32-27-37(35-36(32)26-28-17-12-11-13-18-28)31-22-23-34-30(25-31)24-29-19-15-16-21-33(29)34/h11-13,15-19,21-23,25,27,35H,2-10,14,20,24,26H2,1H3. The normalized spacial score (nSPS) is 14.1. The van der Waals surface area contributed by atoms with E-state index in [1.54, 1.807) is 0 Å². The van der Waals surface area contributed by atoms with E-state index in [4.69, 9.17) is 0 Å². The average molecular weight is 494 g/mol. The summed E-state index contributed by atoms with van der Waals surface area (Å²) >= 11 is 0. The Morgan fingerprint density at radius 2 is 1.35 bits per heavy atom. The molecule has 3 heteroatoms. The quantitative estimate of drug-likeness (QED) is 0.177. The molecule has 0 saturated carbocycles. The number of fused-ring (bicyclic) bond motifs is 3. The van der Waals surface area contributed by atoms with Gasteiger partial charge in [-0.1, -0.05) is 125 Å². The van der Waals surface area contributed by atoms with Gasteiger partial charge in [0.1, 0.15) is 0 Å². The second kappa shape index (κ2) is 13.0. The molecule has 0 aromatic heterocycles. The first-order valence-corrected chi connectivity index (χ1v) is 14.6. The molecule has 0 radical (unpaired) electrons. The molecule has 3 aromatic carbocycles. The van der Waals surface area contributed by atoms with Crippen LogP contribution in [-0.4, -0.2) is 5.01 Å². The van der Waals surface area contributed by atoms with E-state index in [-0.39, 0.29) is 0 Å². The van der Waals surface area contributed by atoms with Crippen LogP contribution in [0.25, 0.3) is 11.1 Å². The summed E-state index contributed by atoms with van der Waals surface area (Å²) in [5.74, 6) is 0. The van der Waals surface area contributed by atoms with Crippen molar-refractivity contribution in [1.82, 2.24) is 10.5 Å². The van der Waals surface area contributed by atoms with Crippen molar-refractivity contribution in [2.24, 2.45) is 0 Å². The van der Waals surface area contributed by atoms with Crippen LogP contribution in [-0.2, 0) is 13.0 Å². The zero-order valence-electron chi connectivity index (χ0n) is 22.6. The summed E-state index contributed by atoms with van der Waals surface area (Å²) in [5.41, 5.74) is 13.2. The largest absolute Gasteiger partial charge is 0.289 e. The molecule has 0 bridgehead atoms. The van der Waals surface area contributed by atoms with Crippen LogP contribution in [0.4, 0.5) is 5.69 Å². The van der Waals surface area contributed by atoms with Gasteiger partial charge < -0.3 is 0 Å². The number of anilines is 1. The third kappa shape index (κ3) is 6.64. The number of rotatable bonds is 14. The molecule has 0 spiro atoms. The summed E-state index contributed by atoms with van der Waals surface area (Å²) in [6.07, 6.45) is 18.2. The van der Waals surface area contributed by atoms with Crippen molar-refractivity contribution in [2.75, 3.05) is 5.01 Å². The molecular weight excluding hydrogens is 450 g/mol. The Balaban J connectivity index is 1.19. The lowest BCUT2D eigenvalue weighted by Crippen LogP contribution is -2.40. The lowest BCUT2D eigenvalue weighted by atomic mass is 10.0. The third-order valence-corrected chi connectivity index (χ3v) is 7.88. The molecule has 194 valence electrons. The number of benzene rings is 3. The highest BCUT2D eigenvalue weighted by Crippen LogP contribution is 2.38. The SMILES string of the molecule is CCCCCCCCCCCCC1=CN(c2ccc3c(c2)Cc2ccccc2-3)NN1Cc1ccccc1. The van der Waals surface area contributed by atoms with E-state index in [2.05, 4.69) is 101 Å². The second-order valence-corrected chi connectivity index (χ2v) is 10.8. The number of nitrogens with zero attached hydrogens (tertiary/aromatic N) is 2. The van der Waals surface area contributed by atoms with Crippen molar-refractivity contribution < 1.29 is 0 Å². The Labute approximate surface area is 224 Å². The molecule has 5 rings (SSSR count). The maximum Gasteiger partial charge on any atom is 0.0609 e. The van der Waals surface area contributed by atoms with Crippen molar-refractivity contribution in [1.29, 1.82) is 0 Å². The topological polar surface area (TPSA) is 18.5 Å². The van der Waals surface area contributed by atoms with Crippen molar-refractivity contribution in [3.8, 4) is 11.1 Å². The number of nitrogens with one attached hydrogen (secondary N) is 1. The molecule has 0 fully saturated rings. The predicted molar refractivity (Wildman–Crippen MR) is 157 cm³/mol. The summed E-state index contributed by atoms with van der Waals surface area (Å²) in [5, 5.41) is 4.56. The molecule has 1 aliphatic heterocycles. The first-order chi connectivity index (χ1) is 18.3. The summed E-state index contributed by atoms with van der Waals surface area (Å²) in [7, 11) is 0. The maximum absolute atomic E-state index is 3.68. The molecule has 0 amide bonds. The van der Waals surface area contributed by atoms with Gasteiger partial charge in [0.05, 0.1) is 12.2 Å².